The normalized spacial score (nSPS) is 18.9. The number of carbonyl (C=O) groups is 1. The van der Waals surface area contributed by atoms with Crippen LogP contribution < -0.4 is 0 Å². The van der Waals surface area contributed by atoms with Crippen molar-refractivity contribution >= 4 is 17.2 Å². The van der Waals surface area contributed by atoms with Gasteiger partial charge in [-0.3, -0.25) is 4.79 Å². The van der Waals surface area contributed by atoms with E-state index in [0.717, 1.165) is 30.2 Å². The van der Waals surface area contributed by atoms with Gasteiger partial charge in [0.05, 0.1) is 10.9 Å². The second kappa shape index (κ2) is 6.16. The summed E-state index contributed by atoms with van der Waals surface area (Å²) in [6.07, 6.45) is 1.92. The molecule has 0 spiro atoms. The van der Waals surface area contributed by atoms with Crippen LogP contribution in [-0.2, 0) is 0 Å². The Morgan fingerprint density at radius 3 is 2.91 bits per heavy atom. The Hall–Kier alpha value is -1.76. The average molecular weight is 320 g/mol. The summed E-state index contributed by atoms with van der Waals surface area (Å²) in [6.45, 7) is 7.37. The quantitative estimate of drug-likeness (QED) is 0.869. The first kappa shape index (κ1) is 15.1. The number of hydrogen-bond acceptors (Lipinski definition) is 6. The average Bonchev–Trinajstić information content (AvgIpc) is 3.15. The lowest BCUT2D eigenvalue weighted by Gasteiger charge is -2.30. The zero-order valence-electron chi connectivity index (χ0n) is 13.1. The van der Waals surface area contributed by atoms with E-state index in [1.165, 1.54) is 11.3 Å². The lowest BCUT2D eigenvalue weighted by atomic mass is 9.97. The first-order valence-electron chi connectivity index (χ1n) is 7.59. The SMILES string of the molecule is Cc1nc(C(=O)N2CCC[C@H](c3nc(C(C)C)no3)C2)cs1. The number of hydrogen-bond donors (Lipinski definition) is 0. The molecule has 0 N–H and O–H groups in total. The van der Waals surface area contributed by atoms with Crippen LogP contribution in [0, 0.1) is 6.92 Å². The Balaban J connectivity index is 1.72. The highest BCUT2D eigenvalue weighted by Gasteiger charge is 2.30. The van der Waals surface area contributed by atoms with Crippen LogP contribution in [-0.4, -0.2) is 39.0 Å². The van der Waals surface area contributed by atoms with E-state index in [0.29, 0.717) is 18.1 Å². The van der Waals surface area contributed by atoms with E-state index in [1.807, 2.05) is 31.1 Å². The summed E-state index contributed by atoms with van der Waals surface area (Å²) in [5.41, 5.74) is 0.538. The molecule has 118 valence electrons. The van der Waals surface area contributed by atoms with Gasteiger partial charge in [0.25, 0.3) is 5.91 Å². The van der Waals surface area contributed by atoms with E-state index in [9.17, 15) is 4.79 Å². The Labute approximate surface area is 133 Å². The van der Waals surface area contributed by atoms with Crippen LogP contribution in [0.15, 0.2) is 9.90 Å². The molecule has 1 aliphatic heterocycles. The van der Waals surface area contributed by atoms with Gasteiger partial charge in [0.15, 0.2) is 5.82 Å². The Kier molecular flexibility index (Phi) is 4.24. The minimum absolute atomic E-state index is 0.00218. The van der Waals surface area contributed by atoms with E-state index < -0.39 is 0 Å². The van der Waals surface area contributed by atoms with Gasteiger partial charge in [0, 0.05) is 24.4 Å². The van der Waals surface area contributed by atoms with E-state index >= 15 is 0 Å². The molecule has 0 radical (unpaired) electrons. The Morgan fingerprint density at radius 1 is 1.45 bits per heavy atom. The molecule has 1 fully saturated rings. The number of nitrogens with zero attached hydrogens (tertiary/aromatic N) is 4. The maximum absolute atomic E-state index is 12.5. The van der Waals surface area contributed by atoms with Crippen molar-refractivity contribution in [2.75, 3.05) is 13.1 Å². The first-order valence-corrected chi connectivity index (χ1v) is 8.47. The molecule has 0 aliphatic carbocycles. The molecule has 6 nitrogen and oxygen atoms in total. The third-order valence-corrected chi connectivity index (χ3v) is 4.64. The molecule has 3 heterocycles. The van der Waals surface area contributed by atoms with Crippen molar-refractivity contribution in [1.29, 1.82) is 0 Å². The van der Waals surface area contributed by atoms with Crippen molar-refractivity contribution in [3.8, 4) is 0 Å². The zero-order chi connectivity index (χ0) is 15.7. The lowest BCUT2D eigenvalue weighted by Crippen LogP contribution is -2.39. The van der Waals surface area contributed by atoms with Crippen LogP contribution in [0.1, 0.15) is 65.7 Å². The van der Waals surface area contributed by atoms with Crippen LogP contribution in [0.3, 0.4) is 0 Å². The summed E-state index contributed by atoms with van der Waals surface area (Å²) >= 11 is 1.50. The van der Waals surface area contributed by atoms with Gasteiger partial charge in [-0.25, -0.2) is 4.98 Å². The summed E-state index contributed by atoms with van der Waals surface area (Å²) in [4.78, 5) is 23.1. The number of thiazole rings is 1. The fourth-order valence-electron chi connectivity index (χ4n) is 2.63. The molecular formula is C15H20N4O2S. The molecule has 0 bridgehead atoms. The molecule has 1 atom stereocenters. The third kappa shape index (κ3) is 3.04. The van der Waals surface area contributed by atoms with Crippen LogP contribution in [0.5, 0.6) is 0 Å². The summed E-state index contributed by atoms with van der Waals surface area (Å²) < 4.78 is 5.39. The molecule has 1 aliphatic rings. The maximum Gasteiger partial charge on any atom is 0.273 e. The summed E-state index contributed by atoms with van der Waals surface area (Å²) in [5, 5.41) is 6.76. The highest BCUT2D eigenvalue weighted by atomic mass is 32.1. The standard InChI is InChI=1S/C15H20N4O2S/c1-9(2)13-17-14(21-18-13)11-5-4-6-19(7-11)15(20)12-8-22-10(3)16-12/h8-9,11H,4-7H2,1-3H3/t11-/m0/s1. The highest BCUT2D eigenvalue weighted by Crippen LogP contribution is 2.27. The monoisotopic (exact) mass is 320 g/mol. The van der Waals surface area contributed by atoms with E-state index in [-0.39, 0.29) is 17.7 Å². The largest absolute Gasteiger partial charge is 0.339 e. The van der Waals surface area contributed by atoms with Crippen molar-refractivity contribution < 1.29 is 9.32 Å². The van der Waals surface area contributed by atoms with Gasteiger partial charge >= 0.3 is 0 Å². The second-order valence-electron chi connectivity index (χ2n) is 5.99. The minimum Gasteiger partial charge on any atom is -0.339 e. The van der Waals surface area contributed by atoms with Gasteiger partial charge in [-0.1, -0.05) is 19.0 Å². The number of rotatable bonds is 3. The fraction of sp³-hybridized carbons (Fsp3) is 0.600. The number of carbonyl (C=O) groups excluding carboxylic acids is 1. The smallest absolute Gasteiger partial charge is 0.273 e. The zero-order valence-corrected chi connectivity index (χ0v) is 13.9. The van der Waals surface area contributed by atoms with Crippen molar-refractivity contribution in [2.24, 2.45) is 0 Å². The minimum atomic E-state index is -0.00218. The maximum atomic E-state index is 12.5. The van der Waals surface area contributed by atoms with Gasteiger partial charge in [-0.2, -0.15) is 4.98 Å². The summed E-state index contributed by atoms with van der Waals surface area (Å²) in [5.74, 6) is 1.75. The third-order valence-electron chi connectivity index (χ3n) is 3.87. The van der Waals surface area contributed by atoms with E-state index in [4.69, 9.17) is 4.52 Å². The fourth-order valence-corrected chi connectivity index (χ4v) is 3.22. The highest BCUT2D eigenvalue weighted by molar-refractivity contribution is 7.09. The number of piperidine rings is 1. The molecule has 2 aromatic heterocycles. The number of aromatic nitrogens is 3. The van der Waals surface area contributed by atoms with Crippen molar-refractivity contribution in [1.82, 2.24) is 20.0 Å². The van der Waals surface area contributed by atoms with Gasteiger partial charge < -0.3 is 9.42 Å². The molecule has 7 heteroatoms. The van der Waals surface area contributed by atoms with Crippen molar-refractivity contribution in [3.05, 3.63) is 27.8 Å². The topological polar surface area (TPSA) is 72.1 Å². The molecule has 0 unspecified atom stereocenters. The summed E-state index contributed by atoms with van der Waals surface area (Å²) in [7, 11) is 0. The van der Waals surface area contributed by atoms with Crippen molar-refractivity contribution in [3.63, 3.8) is 0 Å². The van der Waals surface area contributed by atoms with Crippen LogP contribution in [0.25, 0.3) is 0 Å². The molecule has 22 heavy (non-hydrogen) atoms. The predicted molar refractivity (Wildman–Crippen MR) is 83.1 cm³/mol. The van der Waals surface area contributed by atoms with Crippen LogP contribution in [0.4, 0.5) is 0 Å². The molecule has 1 amide bonds. The van der Waals surface area contributed by atoms with Gasteiger partial charge in [-0.05, 0) is 19.8 Å². The second-order valence-corrected chi connectivity index (χ2v) is 7.05. The van der Waals surface area contributed by atoms with Gasteiger partial charge in [0.1, 0.15) is 5.69 Å². The van der Waals surface area contributed by atoms with Gasteiger partial charge in [-0.15, -0.1) is 11.3 Å². The number of aryl methyl sites for hydroxylation is 1. The molecule has 0 saturated carbocycles. The molecule has 3 rings (SSSR count). The first-order chi connectivity index (χ1) is 10.5. The van der Waals surface area contributed by atoms with E-state index in [1.54, 1.807) is 0 Å². The molecule has 2 aromatic rings. The predicted octanol–water partition coefficient (Wildman–Crippen LogP) is 2.98. The van der Waals surface area contributed by atoms with Gasteiger partial charge in [0.2, 0.25) is 5.89 Å². The van der Waals surface area contributed by atoms with Crippen LogP contribution >= 0.6 is 11.3 Å². The van der Waals surface area contributed by atoms with Crippen LogP contribution in [0.2, 0.25) is 0 Å². The number of amides is 1. The van der Waals surface area contributed by atoms with Crippen molar-refractivity contribution in [2.45, 2.75) is 45.4 Å². The molecule has 1 saturated heterocycles. The number of likely N-dealkylation sites (tertiary alicyclic amines) is 1. The Morgan fingerprint density at radius 2 is 2.27 bits per heavy atom. The summed E-state index contributed by atoms with van der Waals surface area (Å²) in [6, 6.07) is 0. The molecular weight excluding hydrogens is 300 g/mol. The molecule has 0 aromatic carbocycles. The lowest BCUT2D eigenvalue weighted by molar-refractivity contribution is 0.0690. The Bertz CT molecular complexity index is 664. The van der Waals surface area contributed by atoms with E-state index in [2.05, 4.69) is 15.1 Å².